The summed E-state index contributed by atoms with van der Waals surface area (Å²) in [4.78, 5) is 0. The number of furan rings is 1. The largest absolute Gasteiger partial charge is 0.497 e. The van der Waals surface area contributed by atoms with Crippen LogP contribution in [0.4, 0.5) is 0 Å². The normalized spacial score (nSPS) is 16.0. The van der Waals surface area contributed by atoms with Crippen molar-refractivity contribution in [1.29, 1.82) is 0 Å². The van der Waals surface area contributed by atoms with Gasteiger partial charge in [-0.3, -0.25) is 0 Å². The van der Waals surface area contributed by atoms with Crippen LogP contribution in [-0.2, 0) is 6.42 Å². The number of fused-ring (bicyclic) bond motifs is 3. The van der Waals surface area contributed by atoms with Crippen molar-refractivity contribution >= 4 is 21.7 Å². The van der Waals surface area contributed by atoms with Crippen LogP contribution in [0.25, 0.3) is 21.7 Å². The summed E-state index contributed by atoms with van der Waals surface area (Å²) < 4.78 is 11.5. The molecule has 2 aromatic carbocycles. The van der Waals surface area contributed by atoms with Gasteiger partial charge in [-0.1, -0.05) is 43.9 Å². The molecule has 0 unspecified atom stereocenters. The average Bonchev–Trinajstić information content (AvgIpc) is 3.16. The molecule has 0 saturated heterocycles. The lowest BCUT2D eigenvalue weighted by molar-refractivity contribution is 0.415. The van der Waals surface area contributed by atoms with Crippen molar-refractivity contribution < 1.29 is 9.15 Å². The van der Waals surface area contributed by atoms with Gasteiger partial charge in [0.2, 0.25) is 0 Å². The van der Waals surface area contributed by atoms with Crippen LogP contribution in [0, 0.1) is 5.92 Å². The monoisotopic (exact) mass is 280 g/mol. The quantitative estimate of drug-likeness (QED) is 0.647. The molecule has 1 aliphatic rings. The van der Waals surface area contributed by atoms with E-state index >= 15 is 0 Å². The molecule has 0 N–H and O–H groups in total. The first-order chi connectivity index (χ1) is 10.3. The number of rotatable bonds is 3. The van der Waals surface area contributed by atoms with E-state index in [4.69, 9.17) is 9.15 Å². The fourth-order valence-electron chi connectivity index (χ4n) is 3.58. The molecule has 4 rings (SSSR count). The number of hydrogen-bond donors (Lipinski definition) is 0. The summed E-state index contributed by atoms with van der Waals surface area (Å²) >= 11 is 0. The van der Waals surface area contributed by atoms with Crippen molar-refractivity contribution in [3.63, 3.8) is 0 Å². The van der Waals surface area contributed by atoms with Gasteiger partial charge in [0.05, 0.1) is 7.11 Å². The lowest BCUT2D eigenvalue weighted by atomic mass is 10.0. The Kier molecular flexibility index (Phi) is 3.10. The van der Waals surface area contributed by atoms with Crippen LogP contribution < -0.4 is 4.74 Å². The van der Waals surface area contributed by atoms with Crippen LogP contribution in [0.2, 0.25) is 0 Å². The molecule has 0 bridgehead atoms. The molecule has 1 heterocycles. The Hall–Kier alpha value is -1.96. The van der Waals surface area contributed by atoms with Crippen molar-refractivity contribution in [3.05, 3.63) is 42.2 Å². The number of ether oxygens (including phenoxy) is 1. The van der Waals surface area contributed by atoms with Crippen LogP contribution in [0.3, 0.4) is 0 Å². The summed E-state index contributed by atoms with van der Waals surface area (Å²) in [5.41, 5.74) is 0.999. The summed E-state index contributed by atoms with van der Waals surface area (Å²) in [6, 6.07) is 12.7. The van der Waals surface area contributed by atoms with Gasteiger partial charge in [-0.05, 0) is 29.5 Å². The molecule has 1 aliphatic carbocycles. The molecule has 0 amide bonds. The van der Waals surface area contributed by atoms with E-state index in [2.05, 4.69) is 30.3 Å². The zero-order chi connectivity index (χ0) is 14.2. The molecule has 21 heavy (non-hydrogen) atoms. The molecule has 3 aromatic rings. The highest BCUT2D eigenvalue weighted by molar-refractivity contribution is 6.04. The van der Waals surface area contributed by atoms with E-state index in [1.807, 2.05) is 6.07 Å². The minimum Gasteiger partial charge on any atom is -0.497 e. The highest BCUT2D eigenvalue weighted by Gasteiger charge is 2.18. The number of benzene rings is 2. The Morgan fingerprint density at radius 2 is 1.81 bits per heavy atom. The van der Waals surface area contributed by atoms with Gasteiger partial charge in [0.15, 0.2) is 0 Å². The summed E-state index contributed by atoms with van der Waals surface area (Å²) in [5.74, 6) is 2.82. The van der Waals surface area contributed by atoms with E-state index in [1.54, 1.807) is 7.11 Å². The van der Waals surface area contributed by atoms with E-state index in [0.717, 1.165) is 34.8 Å². The molecule has 2 heteroatoms. The topological polar surface area (TPSA) is 22.4 Å². The zero-order valence-corrected chi connectivity index (χ0v) is 12.4. The van der Waals surface area contributed by atoms with Crippen LogP contribution in [0.15, 0.2) is 40.8 Å². The summed E-state index contributed by atoms with van der Waals surface area (Å²) in [7, 11) is 1.70. The van der Waals surface area contributed by atoms with Gasteiger partial charge in [-0.15, -0.1) is 0 Å². The van der Waals surface area contributed by atoms with E-state index in [-0.39, 0.29) is 0 Å². The Bertz CT molecular complexity index is 779. The minimum absolute atomic E-state index is 0.811. The number of methoxy groups -OCH3 is 1. The lowest BCUT2D eigenvalue weighted by Crippen LogP contribution is -1.96. The summed E-state index contributed by atoms with van der Waals surface area (Å²) in [6.07, 6.45) is 6.55. The highest BCUT2D eigenvalue weighted by atomic mass is 16.5. The Labute approximate surface area is 124 Å². The predicted molar refractivity (Wildman–Crippen MR) is 85.9 cm³/mol. The molecule has 108 valence electrons. The first-order valence-electron chi connectivity index (χ1n) is 7.82. The Balaban J connectivity index is 1.79. The van der Waals surface area contributed by atoms with Gasteiger partial charge < -0.3 is 9.15 Å². The fraction of sp³-hybridized carbons (Fsp3) is 0.368. The first kappa shape index (κ1) is 12.8. The van der Waals surface area contributed by atoms with E-state index < -0.39 is 0 Å². The van der Waals surface area contributed by atoms with Crippen LogP contribution in [0.5, 0.6) is 5.75 Å². The van der Waals surface area contributed by atoms with Crippen LogP contribution in [0.1, 0.15) is 31.4 Å². The minimum atomic E-state index is 0.811. The Morgan fingerprint density at radius 1 is 1.05 bits per heavy atom. The van der Waals surface area contributed by atoms with Crippen molar-refractivity contribution in [1.82, 2.24) is 0 Å². The fourth-order valence-corrected chi connectivity index (χ4v) is 3.58. The molecule has 1 saturated carbocycles. The van der Waals surface area contributed by atoms with E-state index in [1.165, 1.54) is 36.5 Å². The van der Waals surface area contributed by atoms with Crippen molar-refractivity contribution in [2.45, 2.75) is 32.1 Å². The van der Waals surface area contributed by atoms with E-state index in [9.17, 15) is 0 Å². The maximum Gasteiger partial charge on any atom is 0.142 e. The maximum atomic E-state index is 6.19. The highest BCUT2D eigenvalue weighted by Crippen LogP contribution is 2.34. The second kappa shape index (κ2) is 5.10. The first-order valence-corrected chi connectivity index (χ1v) is 7.82. The van der Waals surface area contributed by atoms with Gasteiger partial charge in [0.1, 0.15) is 17.1 Å². The molecule has 2 nitrogen and oxygen atoms in total. The molecule has 0 atom stereocenters. The molecular weight excluding hydrogens is 260 g/mol. The third kappa shape index (κ3) is 2.29. The Morgan fingerprint density at radius 3 is 2.62 bits per heavy atom. The second-order valence-corrected chi connectivity index (χ2v) is 6.14. The second-order valence-electron chi connectivity index (χ2n) is 6.14. The SMILES string of the molecule is COc1ccc2ccc3cc(CC4CCCC4)oc3c2c1. The third-order valence-corrected chi connectivity index (χ3v) is 4.72. The summed E-state index contributed by atoms with van der Waals surface area (Å²) in [5, 5.41) is 3.54. The van der Waals surface area contributed by atoms with Gasteiger partial charge in [0.25, 0.3) is 0 Å². The molecule has 0 spiro atoms. The molecule has 0 aliphatic heterocycles. The molecule has 1 aromatic heterocycles. The molecule has 1 fully saturated rings. The predicted octanol–water partition coefficient (Wildman–Crippen LogP) is 5.33. The van der Waals surface area contributed by atoms with Gasteiger partial charge in [-0.25, -0.2) is 0 Å². The summed E-state index contributed by atoms with van der Waals surface area (Å²) in [6.45, 7) is 0. The van der Waals surface area contributed by atoms with Crippen LogP contribution in [-0.4, -0.2) is 7.11 Å². The van der Waals surface area contributed by atoms with Crippen LogP contribution >= 0.6 is 0 Å². The van der Waals surface area contributed by atoms with Gasteiger partial charge >= 0.3 is 0 Å². The van der Waals surface area contributed by atoms with Crippen molar-refractivity contribution in [2.24, 2.45) is 5.92 Å². The van der Waals surface area contributed by atoms with Gasteiger partial charge in [0, 0.05) is 17.2 Å². The lowest BCUT2D eigenvalue weighted by Gasteiger charge is -2.05. The zero-order valence-electron chi connectivity index (χ0n) is 12.4. The van der Waals surface area contributed by atoms with Gasteiger partial charge in [-0.2, -0.15) is 0 Å². The standard InChI is InChI=1S/C19H20O2/c1-20-16-9-8-14-6-7-15-11-17(10-13-4-2-3-5-13)21-19(15)18(14)12-16/h6-9,11-13H,2-5,10H2,1H3. The smallest absolute Gasteiger partial charge is 0.142 e. The third-order valence-electron chi connectivity index (χ3n) is 4.72. The molecule has 0 radical (unpaired) electrons. The molecular formula is C19H20O2. The van der Waals surface area contributed by atoms with Crippen molar-refractivity contribution in [2.75, 3.05) is 7.11 Å². The maximum absolute atomic E-state index is 6.19. The van der Waals surface area contributed by atoms with Crippen molar-refractivity contribution in [3.8, 4) is 5.75 Å². The van der Waals surface area contributed by atoms with E-state index in [0.29, 0.717) is 0 Å². The average molecular weight is 280 g/mol. The number of hydrogen-bond acceptors (Lipinski definition) is 2.